The summed E-state index contributed by atoms with van der Waals surface area (Å²) >= 11 is 1.56. The molecule has 1 fully saturated rings. The molecule has 0 aliphatic carbocycles. The summed E-state index contributed by atoms with van der Waals surface area (Å²) in [4.78, 5) is 17.5. The Balaban J connectivity index is 1.96. The van der Waals surface area contributed by atoms with E-state index in [1.807, 2.05) is 10.3 Å². The minimum Gasteiger partial charge on any atom is -0.336 e. The number of aromatic nitrogens is 1. The van der Waals surface area contributed by atoms with E-state index in [0.29, 0.717) is 25.4 Å². The van der Waals surface area contributed by atoms with E-state index in [0.717, 1.165) is 12.2 Å². The van der Waals surface area contributed by atoms with Gasteiger partial charge < -0.3 is 10.6 Å². The van der Waals surface area contributed by atoms with Crippen molar-refractivity contribution < 1.29 is 4.79 Å². The number of likely N-dealkylation sites (tertiary alicyclic amines) is 1. The van der Waals surface area contributed by atoms with Crippen LogP contribution in [0.3, 0.4) is 0 Å². The molecule has 1 aliphatic rings. The van der Waals surface area contributed by atoms with Crippen LogP contribution in [0.2, 0.25) is 0 Å². The van der Waals surface area contributed by atoms with Gasteiger partial charge in [-0.25, -0.2) is 4.98 Å². The molecule has 14 heavy (non-hydrogen) atoms. The number of hydrogen-bond donors (Lipinski definition) is 1. The Labute approximate surface area is 86.7 Å². The van der Waals surface area contributed by atoms with E-state index < -0.39 is 0 Å². The molecule has 1 unspecified atom stereocenters. The molecule has 1 aromatic heterocycles. The molecular weight excluding hydrogens is 198 g/mol. The van der Waals surface area contributed by atoms with E-state index in [1.54, 1.807) is 16.8 Å². The Morgan fingerprint density at radius 1 is 1.71 bits per heavy atom. The second-order valence-corrected chi connectivity index (χ2v) is 4.28. The molecule has 5 heteroatoms. The maximum atomic E-state index is 11.5. The summed E-state index contributed by atoms with van der Waals surface area (Å²) in [6.07, 6.45) is 0.598. The van der Waals surface area contributed by atoms with Gasteiger partial charge in [-0.05, 0) is 12.5 Å². The third-order valence-corrected chi connectivity index (χ3v) is 3.10. The average Bonchev–Trinajstić information content (AvgIpc) is 2.78. The summed E-state index contributed by atoms with van der Waals surface area (Å²) in [6, 6.07) is 0. The van der Waals surface area contributed by atoms with Crippen LogP contribution in [-0.4, -0.2) is 28.9 Å². The zero-order chi connectivity index (χ0) is 9.97. The molecule has 2 N–H and O–H groups in total. The maximum absolute atomic E-state index is 11.5. The second-order valence-electron chi connectivity index (χ2n) is 3.56. The van der Waals surface area contributed by atoms with Crippen molar-refractivity contribution >= 4 is 17.2 Å². The zero-order valence-corrected chi connectivity index (χ0v) is 8.67. The molecular formula is C9H13N3OS. The third kappa shape index (κ3) is 1.93. The van der Waals surface area contributed by atoms with Gasteiger partial charge in [0.2, 0.25) is 5.91 Å². The molecule has 4 nitrogen and oxygen atoms in total. The van der Waals surface area contributed by atoms with Crippen molar-refractivity contribution in [2.45, 2.75) is 13.0 Å². The summed E-state index contributed by atoms with van der Waals surface area (Å²) in [5, 5.41) is 1.98. The topological polar surface area (TPSA) is 59.2 Å². The molecule has 0 spiro atoms. The Morgan fingerprint density at radius 3 is 3.14 bits per heavy atom. The fourth-order valence-corrected chi connectivity index (χ4v) is 2.23. The lowest BCUT2D eigenvalue weighted by Gasteiger charge is -2.14. The minimum atomic E-state index is 0.202. The largest absolute Gasteiger partial charge is 0.336 e. The van der Waals surface area contributed by atoms with Gasteiger partial charge in [-0.15, -0.1) is 11.3 Å². The smallest absolute Gasteiger partial charge is 0.223 e. The SMILES string of the molecule is NCC1CC(=O)N(Cc2cscn2)C1. The number of rotatable bonds is 3. The lowest BCUT2D eigenvalue weighted by molar-refractivity contribution is -0.128. The standard InChI is InChI=1S/C9H13N3OS/c10-2-7-1-9(13)12(3-7)4-8-5-14-6-11-8/h5-7H,1-4,10H2. The molecule has 1 aliphatic heterocycles. The van der Waals surface area contributed by atoms with Crippen molar-refractivity contribution in [2.24, 2.45) is 11.7 Å². The van der Waals surface area contributed by atoms with E-state index in [4.69, 9.17) is 5.73 Å². The van der Waals surface area contributed by atoms with Crippen LogP contribution in [0.25, 0.3) is 0 Å². The Kier molecular flexibility index (Phi) is 2.79. The van der Waals surface area contributed by atoms with Crippen LogP contribution in [0.5, 0.6) is 0 Å². The lowest BCUT2D eigenvalue weighted by Crippen LogP contribution is -2.25. The molecule has 1 aromatic rings. The van der Waals surface area contributed by atoms with Crippen LogP contribution < -0.4 is 5.73 Å². The van der Waals surface area contributed by atoms with E-state index in [2.05, 4.69) is 4.98 Å². The lowest BCUT2D eigenvalue weighted by atomic mass is 10.1. The highest BCUT2D eigenvalue weighted by atomic mass is 32.1. The highest BCUT2D eigenvalue weighted by molar-refractivity contribution is 7.07. The maximum Gasteiger partial charge on any atom is 0.223 e. The number of carbonyl (C=O) groups is 1. The molecule has 0 radical (unpaired) electrons. The van der Waals surface area contributed by atoms with Crippen LogP contribution in [0.4, 0.5) is 0 Å². The first-order chi connectivity index (χ1) is 6.79. The van der Waals surface area contributed by atoms with Crippen molar-refractivity contribution in [1.29, 1.82) is 0 Å². The first kappa shape index (κ1) is 9.61. The number of nitrogens with zero attached hydrogens (tertiary/aromatic N) is 2. The molecule has 2 rings (SSSR count). The molecule has 1 saturated heterocycles. The van der Waals surface area contributed by atoms with Crippen molar-refractivity contribution in [3.05, 3.63) is 16.6 Å². The van der Waals surface area contributed by atoms with E-state index >= 15 is 0 Å². The van der Waals surface area contributed by atoms with Crippen molar-refractivity contribution in [3.8, 4) is 0 Å². The van der Waals surface area contributed by atoms with Crippen molar-refractivity contribution in [3.63, 3.8) is 0 Å². The monoisotopic (exact) mass is 211 g/mol. The van der Waals surface area contributed by atoms with E-state index in [9.17, 15) is 4.79 Å². The molecule has 76 valence electrons. The number of thiazole rings is 1. The van der Waals surface area contributed by atoms with Crippen LogP contribution in [-0.2, 0) is 11.3 Å². The number of nitrogens with two attached hydrogens (primary N) is 1. The van der Waals surface area contributed by atoms with Crippen LogP contribution >= 0.6 is 11.3 Å². The quantitative estimate of drug-likeness (QED) is 0.789. The Bertz CT molecular complexity index is 312. The molecule has 2 heterocycles. The van der Waals surface area contributed by atoms with E-state index in [-0.39, 0.29) is 5.91 Å². The predicted molar refractivity (Wildman–Crippen MR) is 54.7 cm³/mol. The van der Waals surface area contributed by atoms with Crippen LogP contribution in [0, 0.1) is 5.92 Å². The van der Waals surface area contributed by atoms with Gasteiger partial charge in [0, 0.05) is 18.3 Å². The van der Waals surface area contributed by atoms with Crippen molar-refractivity contribution in [1.82, 2.24) is 9.88 Å². The molecule has 0 aromatic carbocycles. The third-order valence-electron chi connectivity index (χ3n) is 2.46. The van der Waals surface area contributed by atoms with Crippen molar-refractivity contribution in [2.75, 3.05) is 13.1 Å². The summed E-state index contributed by atoms with van der Waals surface area (Å²) < 4.78 is 0. The summed E-state index contributed by atoms with van der Waals surface area (Å²) in [5.74, 6) is 0.537. The van der Waals surface area contributed by atoms with Crippen LogP contribution in [0.1, 0.15) is 12.1 Å². The predicted octanol–water partition coefficient (Wildman–Crippen LogP) is 0.450. The van der Waals surface area contributed by atoms with Gasteiger partial charge in [0.15, 0.2) is 0 Å². The Hall–Kier alpha value is -0.940. The molecule has 0 saturated carbocycles. The summed E-state index contributed by atoms with van der Waals surface area (Å²) in [7, 11) is 0. The highest BCUT2D eigenvalue weighted by Crippen LogP contribution is 2.18. The molecule has 1 atom stereocenters. The van der Waals surface area contributed by atoms with Gasteiger partial charge in [-0.3, -0.25) is 4.79 Å². The first-order valence-electron chi connectivity index (χ1n) is 4.64. The fourth-order valence-electron chi connectivity index (χ4n) is 1.68. The fraction of sp³-hybridized carbons (Fsp3) is 0.556. The highest BCUT2D eigenvalue weighted by Gasteiger charge is 2.28. The minimum absolute atomic E-state index is 0.202. The van der Waals surface area contributed by atoms with Gasteiger partial charge in [-0.1, -0.05) is 0 Å². The first-order valence-corrected chi connectivity index (χ1v) is 5.58. The second kappa shape index (κ2) is 4.06. The average molecular weight is 211 g/mol. The number of hydrogen-bond acceptors (Lipinski definition) is 4. The van der Waals surface area contributed by atoms with Gasteiger partial charge in [-0.2, -0.15) is 0 Å². The molecule has 0 bridgehead atoms. The van der Waals surface area contributed by atoms with Crippen LogP contribution in [0.15, 0.2) is 10.9 Å². The zero-order valence-electron chi connectivity index (χ0n) is 7.85. The van der Waals surface area contributed by atoms with Gasteiger partial charge in [0.05, 0.1) is 17.7 Å². The normalized spacial score (nSPS) is 21.9. The van der Waals surface area contributed by atoms with Gasteiger partial charge in [0.25, 0.3) is 0 Å². The summed E-state index contributed by atoms with van der Waals surface area (Å²) in [5.41, 5.74) is 8.30. The van der Waals surface area contributed by atoms with E-state index in [1.165, 1.54) is 0 Å². The number of amides is 1. The molecule has 1 amide bonds. The Morgan fingerprint density at radius 2 is 2.57 bits per heavy atom. The van der Waals surface area contributed by atoms with Gasteiger partial charge in [0.1, 0.15) is 0 Å². The van der Waals surface area contributed by atoms with Gasteiger partial charge >= 0.3 is 0 Å². The number of carbonyl (C=O) groups excluding carboxylic acids is 1. The summed E-state index contributed by atoms with van der Waals surface area (Å²) in [6.45, 7) is 2.02.